The van der Waals surface area contributed by atoms with Crippen molar-refractivity contribution in [2.45, 2.75) is 19.7 Å². The predicted molar refractivity (Wildman–Crippen MR) is 57.9 cm³/mol. The Kier molecular flexibility index (Phi) is 4.57. The molecule has 0 bridgehead atoms. The van der Waals surface area contributed by atoms with Gasteiger partial charge in [-0.25, -0.2) is 4.98 Å². The maximum absolute atomic E-state index is 12.3. The third-order valence-electron chi connectivity index (χ3n) is 2.23. The molecule has 0 radical (unpaired) electrons. The molecule has 106 valence electrons. The lowest BCUT2D eigenvalue weighted by molar-refractivity contribution is -0.276. The summed E-state index contributed by atoms with van der Waals surface area (Å²) < 4.78 is 50.0. The second-order valence-electron chi connectivity index (χ2n) is 3.56. The summed E-state index contributed by atoms with van der Waals surface area (Å²) in [7, 11) is 2.41. The lowest BCUT2D eigenvalue weighted by Gasteiger charge is -2.15. The van der Waals surface area contributed by atoms with E-state index in [0.717, 1.165) is 7.11 Å². The topological polar surface area (TPSA) is 57.7 Å². The molecule has 0 unspecified atom stereocenters. The van der Waals surface area contributed by atoms with Gasteiger partial charge >= 0.3 is 12.3 Å². The van der Waals surface area contributed by atoms with Crippen LogP contribution in [0.4, 0.5) is 13.2 Å². The first-order valence-corrected chi connectivity index (χ1v) is 5.13. The van der Waals surface area contributed by atoms with Crippen LogP contribution in [0.3, 0.4) is 0 Å². The molecule has 0 fully saturated rings. The Bertz CT molecular complexity index is 474. The van der Waals surface area contributed by atoms with Gasteiger partial charge in [0.05, 0.1) is 26.2 Å². The lowest BCUT2D eigenvalue weighted by Crippen LogP contribution is -2.20. The van der Waals surface area contributed by atoms with E-state index in [0.29, 0.717) is 5.56 Å². The summed E-state index contributed by atoms with van der Waals surface area (Å²) in [6.07, 6.45) is -4.17. The first-order chi connectivity index (χ1) is 8.78. The SMILES string of the molecule is COC(=O)Cc1c(OC(F)(F)F)ncc(C)c1OC. The van der Waals surface area contributed by atoms with Crippen LogP contribution in [0.25, 0.3) is 0 Å². The van der Waals surface area contributed by atoms with Crippen LogP contribution >= 0.6 is 0 Å². The number of ether oxygens (including phenoxy) is 3. The molecule has 0 aliphatic rings. The van der Waals surface area contributed by atoms with E-state index in [1.54, 1.807) is 6.92 Å². The van der Waals surface area contributed by atoms with E-state index in [1.165, 1.54) is 13.3 Å². The minimum atomic E-state index is -4.90. The Hall–Kier alpha value is -1.99. The zero-order valence-corrected chi connectivity index (χ0v) is 10.5. The van der Waals surface area contributed by atoms with Crippen LogP contribution in [0.2, 0.25) is 0 Å². The van der Waals surface area contributed by atoms with Gasteiger partial charge in [-0.2, -0.15) is 0 Å². The summed E-state index contributed by atoms with van der Waals surface area (Å²) in [5.41, 5.74) is 0.377. The normalized spacial score (nSPS) is 11.1. The van der Waals surface area contributed by atoms with Crippen molar-refractivity contribution < 1.29 is 32.2 Å². The number of nitrogens with zero attached hydrogens (tertiary/aromatic N) is 1. The molecule has 0 aliphatic heterocycles. The molecule has 5 nitrogen and oxygen atoms in total. The van der Waals surface area contributed by atoms with E-state index in [9.17, 15) is 18.0 Å². The third-order valence-corrected chi connectivity index (χ3v) is 2.23. The number of aryl methyl sites for hydroxylation is 1. The quantitative estimate of drug-likeness (QED) is 0.789. The van der Waals surface area contributed by atoms with Crippen LogP contribution < -0.4 is 9.47 Å². The number of methoxy groups -OCH3 is 2. The van der Waals surface area contributed by atoms with Crippen LogP contribution in [0.15, 0.2) is 6.20 Å². The first-order valence-electron chi connectivity index (χ1n) is 5.13. The Morgan fingerprint density at radius 2 is 2.00 bits per heavy atom. The smallest absolute Gasteiger partial charge is 0.496 e. The molecule has 1 aromatic rings. The third kappa shape index (κ3) is 4.01. The molecule has 1 aromatic heterocycles. The van der Waals surface area contributed by atoms with Gasteiger partial charge in [-0.05, 0) is 6.92 Å². The summed E-state index contributed by atoms with van der Waals surface area (Å²) in [4.78, 5) is 14.8. The van der Waals surface area contributed by atoms with Crippen molar-refractivity contribution in [1.82, 2.24) is 4.98 Å². The number of carbonyl (C=O) groups excluding carboxylic acids is 1. The summed E-state index contributed by atoms with van der Waals surface area (Å²) in [5.74, 6) is -1.34. The molecule has 1 rings (SSSR count). The number of hydrogen-bond acceptors (Lipinski definition) is 5. The van der Waals surface area contributed by atoms with Crippen molar-refractivity contribution in [2.24, 2.45) is 0 Å². The Morgan fingerprint density at radius 3 is 2.47 bits per heavy atom. The molecule has 0 spiro atoms. The van der Waals surface area contributed by atoms with Crippen molar-refractivity contribution in [3.05, 3.63) is 17.3 Å². The number of halogens is 3. The molecule has 0 amide bonds. The summed E-state index contributed by atoms with van der Waals surface area (Å²) >= 11 is 0. The van der Waals surface area contributed by atoms with Crippen LogP contribution in [0.1, 0.15) is 11.1 Å². The standard InChI is InChI=1S/C11H12F3NO4/c1-6-5-15-10(19-11(12,13)14)7(9(6)18-3)4-8(16)17-2/h5H,4H2,1-3H3. The highest BCUT2D eigenvalue weighted by Crippen LogP contribution is 2.33. The Balaban J connectivity index is 3.25. The van der Waals surface area contributed by atoms with E-state index < -0.39 is 24.6 Å². The van der Waals surface area contributed by atoms with Crippen LogP contribution in [0, 0.1) is 6.92 Å². The largest absolute Gasteiger partial charge is 0.574 e. The first kappa shape index (κ1) is 15.1. The van der Waals surface area contributed by atoms with Gasteiger partial charge in [-0.3, -0.25) is 4.79 Å². The van der Waals surface area contributed by atoms with Gasteiger partial charge in [0.1, 0.15) is 5.75 Å². The van der Waals surface area contributed by atoms with Gasteiger partial charge in [0.2, 0.25) is 5.88 Å². The van der Waals surface area contributed by atoms with Crippen molar-refractivity contribution in [2.75, 3.05) is 14.2 Å². The second kappa shape index (κ2) is 5.77. The molecule has 0 atom stereocenters. The van der Waals surface area contributed by atoms with Crippen LogP contribution in [0.5, 0.6) is 11.6 Å². The van der Waals surface area contributed by atoms with Crippen LogP contribution in [-0.4, -0.2) is 31.5 Å². The molecule has 19 heavy (non-hydrogen) atoms. The molecule has 0 N–H and O–H groups in total. The monoisotopic (exact) mass is 279 g/mol. The molecule has 1 heterocycles. The molecular weight excluding hydrogens is 267 g/mol. The van der Waals surface area contributed by atoms with E-state index >= 15 is 0 Å². The van der Waals surface area contributed by atoms with Gasteiger partial charge < -0.3 is 14.2 Å². The zero-order chi connectivity index (χ0) is 14.6. The number of alkyl halides is 3. The molecular formula is C11H12F3NO4. The van der Waals surface area contributed by atoms with Gasteiger partial charge in [0.25, 0.3) is 0 Å². The Morgan fingerprint density at radius 1 is 1.37 bits per heavy atom. The van der Waals surface area contributed by atoms with Gasteiger partial charge in [0, 0.05) is 11.8 Å². The van der Waals surface area contributed by atoms with Crippen molar-refractivity contribution >= 4 is 5.97 Å². The van der Waals surface area contributed by atoms with Gasteiger partial charge in [-0.15, -0.1) is 13.2 Å². The van der Waals surface area contributed by atoms with Crippen LogP contribution in [-0.2, 0) is 16.0 Å². The lowest BCUT2D eigenvalue weighted by atomic mass is 10.1. The molecule has 0 aliphatic carbocycles. The molecule has 0 aromatic carbocycles. The second-order valence-corrected chi connectivity index (χ2v) is 3.56. The fraction of sp³-hybridized carbons (Fsp3) is 0.455. The minimum absolute atomic E-state index is 0.105. The fourth-order valence-corrected chi connectivity index (χ4v) is 1.48. The maximum Gasteiger partial charge on any atom is 0.574 e. The zero-order valence-electron chi connectivity index (χ0n) is 10.5. The summed E-state index contributed by atoms with van der Waals surface area (Å²) in [6, 6.07) is 0. The highest BCUT2D eigenvalue weighted by atomic mass is 19.4. The number of rotatable bonds is 4. The number of carbonyl (C=O) groups is 1. The highest BCUT2D eigenvalue weighted by molar-refractivity contribution is 5.74. The molecule has 0 saturated carbocycles. The number of esters is 1. The predicted octanol–water partition coefficient (Wildman–Crippen LogP) is 2.01. The Labute approximate surface area is 107 Å². The number of pyridine rings is 1. The van der Waals surface area contributed by atoms with E-state index in [2.05, 4.69) is 14.5 Å². The van der Waals surface area contributed by atoms with Crippen molar-refractivity contribution in [3.8, 4) is 11.6 Å². The summed E-state index contributed by atoms with van der Waals surface area (Å²) in [6.45, 7) is 1.59. The van der Waals surface area contributed by atoms with Crippen molar-refractivity contribution in [3.63, 3.8) is 0 Å². The van der Waals surface area contributed by atoms with E-state index in [4.69, 9.17) is 4.74 Å². The van der Waals surface area contributed by atoms with Gasteiger partial charge in [0.15, 0.2) is 0 Å². The molecule has 0 saturated heterocycles. The average Bonchev–Trinajstić information content (AvgIpc) is 2.31. The van der Waals surface area contributed by atoms with Gasteiger partial charge in [-0.1, -0.05) is 0 Å². The van der Waals surface area contributed by atoms with Crippen molar-refractivity contribution in [1.29, 1.82) is 0 Å². The van der Waals surface area contributed by atoms with E-state index in [-0.39, 0.29) is 11.3 Å². The molecule has 8 heteroatoms. The number of hydrogen-bond donors (Lipinski definition) is 0. The highest BCUT2D eigenvalue weighted by Gasteiger charge is 2.34. The maximum atomic E-state index is 12.3. The summed E-state index contributed by atoms with van der Waals surface area (Å²) in [5, 5.41) is 0. The average molecular weight is 279 g/mol. The minimum Gasteiger partial charge on any atom is -0.496 e. The fourth-order valence-electron chi connectivity index (χ4n) is 1.48. The number of aromatic nitrogens is 1. The van der Waals surface area contributed by atoms with E-state index in [1.807, 2.05) is 0 Å².